The average Bonchev–Trinajstić information content (AvgIpc) is 2.47. The van der Waals surface area contributed by atoms with Gasteiger partial charge in [-0.25, -0.2) is 5.84 Å². The van der Waals surface area contributed by atoms with E-state index in [0.717, 1.165) is 37.5 Å². The van der Waals surface area contributed by atoms with Crippen LogP contribution in [0.4, 0.5) is 0 Å². The van der Waals surface area contributed by atoms with E-state index >= 15 is 0 Å². The summed E-state index contributed by atoms with van der Waals surface area (Å²) < 4.78 is 0. The minimum atomic E-state index is -0.541. The predicted molar refractivity (Wildman–Crippen MR) is 77.0 cm³/mol. The van der Waals surface area contributed by atoms with Gasteiger partial charge in [-0.15, -0.1) is 4.91 Å². The summed E-state index contributed by atoms with van der Waals surface area (Å²) in [4.78, 5) is 21.8. The van der Waals surface area contributed by atoms with E-state index in [1.807, 2.05) is 0 Å². The molecule has 0 spiro atoms. The molecule has 6 heteroatoms. The summed E-state index contributed by atoms with van der Waals surface area (Å²) in [5, 5.41) is 2.91. The van der Waals surface area contributed by atoms with Crippen molar-refractivity contribution in [3.8, 4) is 0 Å². The van der Waals surface area contributed by atoms with Crippen LogP contribution in [0.15, 0.2) is 5.18 Å². The highest BCUT2D eigenvalue weighted by molar-refractivity contribution is 5.75. The van der Waals surface area contributed by atoms with E-state index in [-0.39, 0.29) is 5.91 Å². The van der Waals surface area contributed by atoms with Gasteiger partial charge < -0.3 is 5.73 Å². The largest absolute Gasteiger partial charge is 0.307 e. The van der Waals surface area contributed by atoms with Gasteiger partial charge in [-0.05, 0) is 62.2 Å². The SMILES string of the molecule is NNC(=O)CC1CCC2CC(CC(N)N=O)CCC2C1. The van der Waals surface area contributed by atoms with Crippen LogP contribution in [0, 0.1) is 28.6 Å². The zero-order chi connectivity index (χ0) is 14.5. The fourth-order valence-electron chi connectivity index (χ4n) is 4.19. The van der Waals surface area contributed by atoms with Crippen LogP contribution in [0.25, 0.3) is 0 Å². The minimum Gasteiger partial charge on any atom is -0.307 e. The Labute approximate surface area is 120 Å². The third-order valence-electron chi connectivity index (χ3n) is 5.18. The number of nitrogens with one attached hydrogen (secondary N) is 1. The number of nitrogens with two attached hydrogens (primary N) is 2. The number of rotatable bonds is 5. The second-order valence-electron chi connectivity index (χ2n) is 6.56. The number of amides is 1. The van der Waals surface area contributed by atoms with E-state index in [4.69, 9.17) is 11.6 Å². The van der Waals surface area contributed by atoms with E-state index in [1.54, 1.807) is 0 Å². The van der Waals surface area contributed by atoms with Crippen molar-refractivity contribution in [2.24, 2.45) is 40.4 Å². The molecule has 2 rings (SSSR count). The van der Waals surface area contributed by atoms with Crippen LogP contribution < -0.4 is 17.0 Å². The quantitative estimate of drug-likeness (QED) is 0.308. The van der Waals surface area contributed by atoms with Gasteiger partial charge in [-0.3, -0.25) is 10.2 Å². The summed E-state index contributed by atoms with van der Waals surface area (Å²) in [6, 6.07) is 0. The van der Waals surface area contributed by atoms with Crippen molar-refractivity contribution < 1.29 is 4.79 Å². The van der Waals surface area contributed by atoms with Gasteiger partial charge in [0.1, 0.15) is 6.17 Å². The molecule has 0 saturated heterocycles. The Hall–Kier alpha value is -1.01. The first-order valence-corrected chi connectivity index (χ1v) is 7.69. The first-order valence-electron chi connectivity index (χ1n) is 7.69. The van der Waals surface area contributed by atoms with Gasteiger partial charge in [0.25, 0.3) is 0 Å². The third kappa shape index (κ3) is 3.99. The first-order chi connectivity index (χ1) is 9.62. The summed E-state index contributed by atoms with van der Waals surface area (Å²) >= 11 is 0. The molecule has 5 atom stereocenters. The summed E-state index contributed by atoms with van der Waals surface area (Å²) in [7, 11) is 0. The molecule has 0 bridgehead atoms. The number of carbonyl (C=O) groups is 1. The number of nitrogens with zero attached hydrogens (tertiary/aromatic N) is 1. The second kappa shape index (κ2) is 7.13. The van der Waals surface area contributed by atoms with Crippen molar-refractivity contribution in [1.29, 1.82) is 0 Å². The lowest BCUT2D eigenvalue weighted by Crippen LogP contribution is -2.36. The molecule has 1 amide bonds. The van der Waals surface area contributed by atoms with Crippen molar-refractivity contribution in [3.63, 3.8) is 0 Å². The summed E-state index contributed by atoms with van der Waals surface area (Å²) in [5.74, 6) is 7.61. The number of carbonyl (C=O) groups excluding carboxylic acids is 1. The molecular formula is C14H26N4O2. The predicted octanol–water partition coefficient (Wildman–Crippen LogP) is 1.64. The van der Waals surface area contributed by atoms with Crippen LogP contribution in [-0.4, -0.2) is 12.1 Å². The van der Waals surface area contributed by atoms with Crippen LogP contribution in [0.3, 0.4) is 0 Å². The van der Waals surface area contributed by atoms with Gasteiger partial charge in [-0.2, -0.15) is 0 Å². The van der Waals surface area contributed by atoms with E-state index in [9.17, 15) is 9.70 Å². The van der Waals surface area contributed by atoms with Crippen molar-refractivity contribution in [2.45, 2.75) is 57.5 Å². The van der Waals surface area contributed by atoms with Crippen LogP contribution >= 0.6 is 0 Å². The molecule has 2 saturated carbocycles. The highest BCUT2D eigenvalue weighted by Gasteiger charge is 2.36. The molecule has 5 unspecified atom stereocenters. The van der Waals surface area contributed by atoms with Crippen LogP contribution in [0.5, 0.6) is 0 Å². The summed E-state index contributed by atoms with van der Waals surface area (Å²) in [5.41, 5.74) is 7.86. The lowest BCUT2D eigenvalue weighted by molar-refractivity contribution is -0.122. The number of nitroso groups, excluding NO2 is 1. The lowest BCUT2D eigenvalue weighted by Gasteiger charge is -2.42. The number of fused-ring (bicyclic) bond motifs is 1. The first kappa shape index (κ1) is 15.4. The van der Waals surface area contributed by atoms with Crippen molar-refractivity contribution in [1.82, 2.24) is 5.43 Å². The van der Waals surface area contributed by atoms with E-state index in [1.165, 1.54) is 19.3 Å². The molecule has 2 aliphatic rings. The smallest absolute Gasteiger partial charge is 0.234 e. The maximum Gasteiger partial charge on any atom is 0.234 e. The van der Waals surface area contributed by atoms with Crippen LogP contribution in [0.1, 0.15) is 51.4 Å². The normalized spacial score (nSPS) is 34.9. The van der Waals surface area contributed by atoms with E-state index in [2.05, 4.69) is 10.6 Å². The Morgan fingerprint density at radius 2 is 1.75 bits per heavy atom. The fraction of sp³-hybridized carbons (Fsp3) is 0.929. The van der Waals surface area contributed by atoms with E-state index < -0.39 is 6.17 Å². The van der Waals surface area contributed by atoms with Gasteiger partial charge >= 0.3 is 0 Å². The topological polar surface area (TPSA) is 111 Å². The Morgan fingerprint density at radius 3 is 2.35 bits per heavy atom. The Morgan fingerprint density at radius 1 is 1.15 bits per heavy atom. The van der Waals surface area contributed by atoms with Gasteiger partial charge in [0, 0.05) is 6.42 Å². The van der Waals surface area contributed by atoms with Crippen molar-refractivity contribution >= 4 is 5.91 Å². The van der Waals surface area contributed by atoms with Crippen molar-refractivity contribution in [3.05, 3.63) is 4.91 Å². The maximum absolute atomic E-state index is 11.4. The Balaban J connectivity index is 1.80. The Bertz CT molecular complexity index is 350. The van der Waals surface area contributed by atoms with Gasteiger partial charge in [-0.1, -0.05) is 11.6 Å². The number of hydrazine groups is 1. The molecule has 20 heavy (non-hydrogen) atoms. The number of hydrogen-bond donors (Lipinski definition) is 3. The summed E-state index contributed by atoms with van der Waals surface area (Å²) in [6.45, 7) is 0. The lowest BCUT2D eigenvalue weighted by atomic mass is 9.64. The third-order valence-corrected chi connectivity index (χ3v) is 5.18. The summed E-state index contributed by atoms with van der Waals surface area (Å²) in [6.07, 6.45) is 7.69. The average molecular weight is 282 g/mol. The molecule has 114 valence electrons. The fourth-order valence-corrected chi connectivity index (χ4v) is 4.19. The molecule has 0 radical (unpaired) electrons. The minimum absolute atomic E-state index is 0.0508. The maximum atomic E-state index is 11.4. The van der Waals surface area contributed by atoms with Gasteiger partial charge in [0.2, 0.25) is 5.91 Å². The number of hydrogen-bond acceptors (Lipinski definition) is 5. The van der Waals surface area contributed by atoms with Gasteiger partial charge in [0.05, 0.1) is 0 Å². The Kier molecular flexibility index (Phi) is 5.48. The molecule has 0 aromatic rings. The standard InChI is InChI=1S/C14H26N4O2/c15-13(18-20)7-9-1-3-12-6-10(8-14(19)17-16)2-4-11(12)5-9/h9-13H,1-8,15-16H2,(H,17,19). The molecule has 0 aromatic heterocycles. The molecule has 2 fully saturated rings. The highest BCUT2D eigenvalue weighted by atomic mass is 16.3. The second-order valence-corrected chi connectivity index (χ2v) is 6.56. The van der Waals surface area contributed by atoms with Crippen LogP contribution in [-0.2, 0) is 4.79 Å². The highest BCUT2D eigenvalue weighted by Crippen LogP contribution is 2.46. The molecule has 0 heterocycles. The molecule has 2 aliphatic carbocycles. The molecule has 0 aliphatic heterocycles. The molecule has 5 N–H and O–H groups in total. The van der Waals surface area contributed by atoms with Crippen molar-refractivity contribution in [2.75, 3.05) is 0 Å². The molecule has 0 aromatic carbocycles. The zero-order valence-electron chi connectivity index (χ0n) is 12.0. The van der Waals surface area contributed by atoms with Crippen LogP contribution in [0.2, 0.25) is 0 Å². The zero-order valence-corrected chi connectivity index (χ0v) is 12.0. The monoisotopic (exact) mass is 282 g/mol. The molecule has 6 nitrogen and oxygen atoms in total. The van der Waals surface area contributed by atoms with E-state index in [0.29, 0.717) is 18.3 Å². The van der Waals surface area contributed by atoms with Gasteiger partial charge in [0.15, 0.2) is 0 Å². The molecular weight excluding hydrogens is 256 g/mol.